The Morgan fingerprint density at radius 2 is 1.86 bits per heavy atom. The lowest BCUT2D eigenvalue weighted by atomic mass is 9.87. The number of rotatable bonds is 4. The fourth-order valence-electron chi connectivity index (χ4n) is 4.70. The molecule has 4 nitrogen and oxygen atoms in total. The van der Waals surface area contributed by atoms with Crippen LogP contribution in [0.25, 0.3) is 0 Å². The number of hydrogen-bond acceptors (Lipinski definition) is 2. The van der Waals surface area contributed by atoms with E-state index in [9.17, 15) is 4.79 Å². The zero-order valence-electron chi connectivity index (χ0n) is 14.7. The number of nitrogens with zero attached hydrogens (tertiary/aromatic N) is 1. The molecule has 3 aliphatic rings. The van der Waals surface area contributed by atoms with Gasteiger partial charge in [-0.3, -0.25) is 0 Å². The summed E-state index contributed by atoms with van der Waals surface area (Å²) in [5, 5.41) is 3.25. The van der Waals surface area contributed by atoms with Crippen molar-refractivity contribution >= 4 is 6.03 Å². The third-order valence-corrected chi connectivity index (χ3v) is 5.70. The van der Waals surface area contributed by atoms with Crippen LogP contribution in [-0.4, -0.2) is 42.8 Å². The van der Waals surface area contributed by atoms with Crippen molar-refractivity contribution in [3.05, 3.63) is 0 Å². The van der Waals surface area contributed by atoms with Crippen LogP contribution in [-0.2, 0) is 4.74 Å². The molecule has 1 saturated carbocycles. The van der Waals surface area contributed by atoms with Gasteiger partial charge in [0.2, 0.25) is 0 Å². The number of urea groups is 1. The largest absolute Gasteiger partial charge is 0.383 e. The Hall–Kier alpha value is -0.770. The van der Waals surface area contributed by atoms with Crippen molar-refractivity contribution < 1.29 is 9.53 Å². The fraction of sp³-hybridized carbons (Fsp3) is 0.944. The van der Waals surface area contributed by atoms with Gasteiger partial charge in [0.25, 0.3) is 0 Å². The van der Waals surface area contributed by atoms with Crippen LogP contribution in [0.1, 0.15) is 65.7 Å². The van der Waals surface area contributed by atoms with E-state index in [0.717, 1.165) is 6.42 Å². The van der Waals surface area contributed by atoms with Crippen molar-refractivity contribution in [3.8, 4) is 0 Å². The minimum atomic E-state index is 0.105. The molecular formula is C18H32N2O2. The van der Waals surface area contributed by atoms with Gasteiger partial charge in [0.15, 0.2) is 0 Å². The first kappa shape index (κ1) is 16.1. The molecule has 3 fully saturated rings. The van der Waals surface area contributed by atoms with Crippen LogP contribution in [0.4, 0.5) is 4.79 Å². The Morgan fingerprint density at radius 1 is 1.27 bits per heavy atom. The molecule has 0 aromatic rings. The maximum absolute atomic E-state index is 12.8. The summed E-state index contributed by atoms with van der Waals surface area (Å²) in [4.78, 5) is 15.0. The third-order valence-electron chi connectivity index (χ3n) is 5.70. The molecule has 4 heteroatoms. The van der Waals surface area contributed by atoms with E-state index in [1.165, 1.54) is 38.5 Å². The standard InChI is InChI=1S/C18H32N2O2/c1-17(2,3)9-13(12-22-4)19-16(21)20-14-5-6-15(20)11-18(10-14)7-8-18/h13-15H,5-12H2,1-4H3,(H,19,21). The van der Waals surface area contributed by atoms with Crippen molar-refractivity contribution in [2.24, 2.45) is 10.8 Å². The normalized spacial score (nSPS) is 30.5. The highest BCUT2D eigenvalue weighted by Gasteiger charge is 2.55. The van der Waals surface area contributed by atoms with Gasteiger partial charge in [-0.1, -0.05) is 20.8 Å². The molecule has 0 aromatic carbocycles. The summed E-state index contributed by atoms with van der Waals surface area (Å²) in [6.45, 7) is 7.23. The van der Waals surface area contributed by atoms with Crippen molar-refractivity contribution in [1.29, 1.82) is 0 Å². The topological polar surface area (TPSA) is 41.6 Å². The number of hydrogen-bond donors (Lipinski definition) is 1. The lowest BCUT2D eigenvalue weighted by Crippen LogP contribution is -2.54. The van der Waals surface area contributed by atoms with Gasteiger partial charge in [-0.2, -0.15) is 0 Å². The molecule has 3 atom stereocenters. The van der Waals surface area contributed by atoms with Crippen LogP contribution in [0.5, 0.6) is 0 Å². The molecule has 3 rings (SSSR count). The SMILES string of the molecule is COCC(CC(C)(C)C)NC(=O)N1C2CCC1CC1(CC1)C2. The third kappa shape index (κ3) is 3.42. The quantitative estimate of drug-likeness (QED) is 0.863. The highest BCUT2D eigenvalue weighted by atomic mass is 16.5. The van der Waals surface area contributed by atoms with Crippen LogP contribution < -0.4 is 5.32 Å². The van der Waals surface area contributed by atoms with Gasteiger partial charge < -0.3 is 15.0 Å². The molecule has 3 unspecified atom stereocenters. The number of ether oxygens (including phenoxy) is 1. The van der Waals surface area contributed by atoms with E-state index in [1.54, 1.807) is 7.11 Å². The Bertz CT molecular complexity index is 409. The molecule has 2 aliphatic heterocycles. The van der Waals surface area contributed by atoms with Gasteiger partial charge in [0.05, 0.1) is 12.6 Å². The summed E-state index contributed by atoms with van der Waals surface area (Å²) in [6, 6.07) is 1.22. The first-order valence-corrected chi connectivity index (χ1v) is 8.90. The number of piperidine rings is 1. The summed E-state index contributed by atoms with van der Waals surface area (Å²) in [5.41, 5.74) is 0.815. The zero-order valence-corrected chi connectivity index (χ0v) is 14.7. The lowest BCUT2D eigenvalue weighted by molar-refractivity contribution is 0.0996. The Labute approximate surface area is 135 Å². The summed E-state index contributed by atoms with van der Waals surface area (Å²) in [7, 11) is 1.71. The van der Waals surface area contributed by atoms with E-state index in [-0.39, 0.29) is 17.5 Å². The Kier molecular flexibility index (Phi) is 4.17. The van der Waals surface area contributed by atoms with Crippen LogP contribution in [0.15, 0.2) is 0 Å². The minimum absolute atomic E-state index is 0.105. The second kappa shape index (κ2) is 5.70. The highest BCUT2D eigenvalue weighted by molar-refractivity contribution is 5.76. The molecule has 0 aromatic heterocycles. The predicted molar refractivity (Wildman–Crippen MR) is 87.8 cm³/mol. The van der Waals surface area contributed by atoms with Crippen molar-refractivity contribution in [1.82, 2.24) is 10.2 Å². The zero-order chi connectivity index (χ0) is 16.0. The monoisotopic (exact) mass is 308 g/mol. The molecule has 1 N–H and O–H groups in total. The summed E-state index contributed by atoms with van der Waals surface area (Å²) >= 11 is 0. The average molecular weight is 308 g/mol. The second-order valence-electron chi connectivity index (χ2n) is 9.07. The van der Waals surface area contributed by atoms with E-state index in [4.69, 9.17) is 4.74 Å². The van der Waals surface area contributed by atoms with E-state index in [0.29, 0.717) is 24.1 Å². The number of nitrogens with one attached hydrogen (secondary N) is 1. The van der Waals surface area contributed by atoms with Gasteiger partial charge in [-0.15, -0.1) is 0 Å². The number of methoxy groups -OCH3 is 1. The molecule has 2 bridgehead atoms. The van der Waals surface area contributed by atoms with Gasteiger partial charge in [0, 0.05) is 19.2 Å². The molecule has 0 radical (unpaired) electrons. The van der Waals surface area contributed by atoms with Gasteiger partial charge in [-0.25, -0.2) is 4.79 Å². The van der Waals surface area contributed by atoms with Gasteiger partial charge in [-0.05, 0) is 55.8 Å². The molecular weight excluding hydrogens is 276 g/mol. The first-order valence-electron chi connectivity index (χ1n) is 8.90. The van der Waals surface area contributed by atoms with Crippen molar-refractivity contribution in [3.63, 3.8) is 0 Å². The van der Waals surface area contributed by atoms with E-state index in [2.05, 4.69) is 31.0 Å². The van der Waals surface area contributed by atoms with Gasteiger partial charge in [0.1, 0.15) is 0 Å². The minimum Gasteiger partial charge on any atom is -0.383 e. The van der Waals surface area contributed by atoms with E-state index in [1.807, 2.05) is 0 Å². The fourth-order valence-corrected chi connectivity index (χ4v) is 4.70. The number of carbonyl (C=O) groups is 1. The van der Waals surface area contributed by atoms with E-state index >= 15 is 0 Å². The van der Waals surface area contributed by atoms with Crippen LogP contribution in [0.3, 0.4) is 0 Å². The van der Waals surface area contributed by atoms with Crippen molar-refractivity contribution in [2.45, 2.75) is 83.8 Å². The Balaban J connectivity index is 1.61. The summed E-state index contributed by atoms with van der Waals surface area (Å²) in [5.74, 6) is 0. The molecule has 1 aliphatic carbocycles. The number of carbonyl (C=O) groups excluding carboxylic acids is 1. The molecule has 126 valence electrons. The molecule has 2 amide bonds. The first-order chi connectivity index (χ1) is 10.3. The molecule has 1 spiro atoms. The van der Waals surface area contributed by atoms with Crippen LogP contribution >= 0.6 is 0 Å². The van der Waals surface area contributed by atoms with Crippen LogP contribution in [0.2, 0.25) is 0 Å². The Morgan fingerprint density at radius 3 is 2.32 bits per heavy atom. The highest BCUT2D eigenvalue weighted by Crippen LogP contribution is 2.59. The molecule has 2 heterocycles. The molecule has 22 heavy (non-hydrogen) atoms. The summed E-state index contributed by atoms with van der Waals surface area (Å²) in [6.07, 6.45) is 8.62. The van der Waals surface area contributed by atoms with Gasteiger partial charge >= 0.3 is 6.03 Å². The molecule has 2 saturated heterocycles. The summed E-state index contributed by atoms with van der Waals surface area (Å²) < 4.78 is 5.32. The average Bonchev–Trinajstić information content (AvgIpc) is 3.06. The number of amides is 2. The second-order valence-corrected chi connectivity index (χ2v) is 9.07. The lowest BCUT2D eigenvalue weighted by Gasteiger charge is -2.40. The number of fused-ring (bicyclic) bond motifs is 2. The van der Waals surface area contributed by atoms with E-state index < -0.39 is 0 Å². The maximum Gasteiger partial charge on any atom is 0.318 e. The van der Waals surface area contributed by atoms with Crippen molar-refractivity contribution in [2.75, 3.05) is 13.7 Å². The maximum atomic E-state index is 12.8. The smallest absolute Gasteiger partial charge is 0.318 e. The van der Waals surface area contributed by atoms with Crippen LogP contribution in [0, 0.1) is 10.8 Å². The predicted octanol–water partition coefficient (Wildman–Crippen LogP) is 3.55.